The van der Waals surface area contributed by atoms with Gasteiger partial charge in [-0.2, -0.15) is 5.10 Å². The van der Waals surface area contributed by atoms with Crippen molar-refractivity contribution < 1.29 is 9.53 Å². The maximum atomic E-state index is 11.5. The van der Waals surface area contributed by atoms with Crippen molar-refractivity contribution in [1.29, 1.82) is 0 Å². The van der Waals surface area contributed by atoms with E-state index < -0.39 is 0 Å². The largest absolute Gasteiger partial charge is 0.462 e. The number of ether oxygens (including phenoxy) is 1. The molecule has 0 spiro atoms. The van der Waals surface area contributed by atoms with Gasteiger partial charge in [0.15, 0.2) is 0 Å². The van der Waals surface area contributed by atoms with Crippen LogP contribution in [0.3, 0.4) is 0 Å². The summed E-state index contributed by atoms with van der Waals surface area (Å²) in [6, 6.07) is 8.24. The molecule has 0 unspecified atom stereocenters. The third kappa shape index (κ3) is 5.02. The van der Waals surface area contributed by atoms with Crippen molar-refractivity contribution in [3.63, 3.8) is 0 Å². The van der Waals surface area contributed by atoms with Gasteiger partial charge in [0.25, 0.3) is 0 Å². The number of cyclic esters (lactones) is 1. The lowest BCUT2D eigenvalue weighted by atomic mass is 9.92. The molecule has 0 saturated carbocycles. The van der Waals surface area contributed by atoms with Crippen LogP contribution in [0.2, 0.25) is 0 Å². The summed E-state index contributed by atoms with van der Waals surface area (Å²) in [6.07, 6.45) is 9.11. The van der Waals surface area contributed by atoms with Crippen LogP contribution in [-0.4, -0.2) is 18.3 Å². The van der Waals surface area contributed by atoms with E-state index in [1.165, 1.54) is 5.56 Å². The molecular formula is C18H24N2O2. The third-order valence-electron chi connectivity index (χ3n) is 4.07. The smallest absolute Gasteiger partial charge is 0.306 e. The molecule has 0 aromatic heterocycles. The molecule has 118 valence electrons. The zero-order valence-corrected chi connectivity index (χ0v) is 12.9. The van der Waals surface area contributed by atoms with E-state index in [2.05, 4.69) is 23.8 Å². The van der Waals surface area contributed by atoms with Crippen LogP contribution in [0, 0.1) is 5.92 Å². The van der Waals surface area contributed by atoms with Crippen LogP contribution in [0.15, 0.2) is 42.0 Å². The first-order valence-electron chi connectivity index (χ1n) is 7.85. The number of esters is 1. The number of nitrogens with zero attached hydrogens (tertiary/aromatic N) is 1. The molecule has 1 aromatic carbocycles. The number of hydrazone groups is 1. The van der Waals surface area contributed by atoms with Crippen LogP contribution in [0.5, 0.6) is 0 Å². The highest BCUT2D eigenvalue weighted by Crippen LogP contribution is 2.25. The quantitative estimate of drug-likeness (QED) is 0.210. The predicted octanol–water partition coefficient (Wildman–Crippen LogP) is 3.20. The Bertz CT molecular complexity index is 522. The fraction of sp³-hybridized carbons (Fsp3) is 0.444. The highest BCUT2D eigenvalue weighted by Gasteiger charge is 2.26. The third-order valence-corrected chi connectivity index (χ3v) is 4.07. The Balaban J connectivity index is 1.70. The van der Waals surface area contributed by atoms with Gasteiger partial charge in [-0.3, -0.25) is 4.79 Å². The Hall–Kier alpha value is -2.10. The highest BCUT2D eigenvalue weighted by molar-refractivity contribution is 5.79. The zero-order valence-electron chi connectivity index (χ0n) is 12.9. The van der Waals surface area contributed by atoms with Crippen molar-refractivity contribution >= 4 is 12.2 Å². The van der Waals surface area contributed by atoms with Crippen LogP contribution in [0.1, 0.15) is 43.2 Å². The molecular weight excluding hydrogens is 276 g/mol. The number of hydrogen-bond acceptors (Lipinski definition) is 4. The van der Waals surface area contributed by atoms with Crippen molar-refractivity contribution in [2.24, 2.45) is 16.9 Å². The van der Waals surface area contributed by atoms with Crippen molar-refractivity contribution in [2.75, 3.05) is 0 Å². The van der Waals surface area contributed by atoms with Crippen molar-refractivity contribution in [1.82, 2.24) is 0 Å². The second kappa shape index (κ2) is 8.37. The summed E-state index contributed by atoms with van der Waals surface area (Å²) in [4.78, 5) is 11.5. The molecule has 1 aromatic rings. The number of rotatable bonds is 7. The van der Waals surface area contributed by atoms with Crippen LogP contribution in [0.25, 0.3) is 0 Å². The first kappa shape index (κ1) is 16.3. The van der Waals surface area contributed by atoms with Crippen LogP contribution in [0.4, 0.5) is 0 Å². The monoisotopic (exact) mass is 300 g/mol. The normalized spacial score (nSPS) is 21.7. The molecule has 4 heteroatoms. The molecule has 4 nitrogen and oxygen atoms in total. The topological polar surface area (TPSA) is 64.7 Å². The SMILES string of the molecule is C=C[C@@H]1CC(=O)O[C@H](CCCCc2ccc(C=NN)cc2)C1. The molecule has 0 radical (unpaired) electrons. The number of nitrogens with two attached hydrogens (primary N) is 1. The average molecular weight is 300 g/mol. The number of hydrogen-bond donors (Lipinski definition) is 1. The van der Waals surface area contributed by atoms with Gasteiger partial charge in [0.1, 0.15) is 6.10 Å². The fourth-order valence-electron chi connectivity index (χ4n) is 2.83. The molecule has 2 atom stereocenters. The molecule has 22 heavy (non-hydrogen) atoms. The minimum atomic E-state index is -0.0849. The summed E-state index contributed by atoms with van der Waals surface area (Å²) in [7, 11) is 0. The van der Waals surface area contributed by atoms with Gasteiger partial charge in [-0.15, -0.1) is 6.58 Å². The number of benzene rings is 1. The summed E-state index contributed by atoms with van der Waals surface area (Å²) in [5.41, 5.74) is 2.31. The zero-order chi connectivity index (χ0) is 15.8. The molecule has 0 amide bonds. The Morgan fingerprint density at radius 3 is 2.77 bits per heavy atom. The molecule has 1 saturated heterocycles. The van der Waals surface area contributed by atoms with E-state index in [4.69, 9.17) is 10.6 Å². The van der Waals surface area contributed by atoms with Gasteiger partial charge in [-0.1, -0.05) is 30.3 Å². The Labute approximate surface area is 132 Å². The van der Waals surface area contributed by atoms with Crippen molar-refractivity contribution in [3.05, 3.63) is 48.0 Å². The van der Waals surface area contributed by atoms with Crippen LogP contribution >= 0.6 is 0 Å². The van der Waals surface area contributed by atoms with Gasteiger partial charge in [0.05, 0.1) is 12.6 Å². The van der Waals surface area contributed by atoms with Gasteiger partial charge >= 0.3 is 5.97 Å². The van der Waals surface area contributed by atoms with E-state index in [1.54, 1.807) is 6.21 Å². The second-order valence-corrected chi connectivity index (χ2v) is 5.81. The Kier molecular flexibility index (Phi) is 6.19. The number of unbranched alkanes of at least 4 members (excludes halogenated alkanes) is 1. The maximum absolute atomic E-state index is 11.5. The van der Waals surface area contributed by atoms with Gasteiger partial charge in [0.2, 0.25) is 0 Å². The molecule has 2 rings (SSSR count). The minimum Gasteiger partial charge on any atom is -0.462 e. The lowest BCUT2D eigenvalue weighted by Gasteiger charge is -2.27. The van der Waals surface area contributed by atoms with Crippen LogP contribution in [-0.2, 0) is 16.0 Å². The molecule has 1 fully saturated rings. The van der Waals surface area contributed by atoms with Gasteiger partial charge in [-0.25, -0.2) is 0 Å². The number of allylic oxidation sites excluding steroid dienone is 1. The number of carbonyl (C=O) groups excluding carboxylic acids is 1. The van der Waals surface area contributed by atoms with Gasteiger partial charge in [0, 0.05) is 0 Å². The van der Waals surface area contributed by atoms with E-state index in [0.29, 0.717) is 6.42 Å². The van der Waals surface area contributed by atoms with E-state index in [-0.39, 0.29) is 18.0 Å². The van der Waals surface area contributed by atoms with E-state index in [1.807, 2.05) is 18.2 Å². The molecule has 0 bridgehead atoms. The standard InChI is InChI=1S/C18H24N2O2/c1-2-14-11-17(22-18(21)12-14)6-4-3-5-15-7-9-16(10-8-15)13-20-19/h2,7-10,13-14,17H,1,3-6,11-12,19H2/t14-,17+/m0/s1. The average Bonchev–Trinajstić information content (AvgIpc) is 2.53. The maximum Gasteiger partial charge on any atom is 0.306 e. The summed E-state index contributed by atoms with van der Waals surface area (Å²) < 4.78 is 5.40. The van der Waals surface area contributed by atoms with Gasteiger partial charge in [-0.05, 0) is 49.1 Å². The van der Waals surface area contributed by atoms with Gasteiger partial charge < -0.3 is 10.6 Å². The van der Waals surface area contributed by atoms with Crippen molar-refractivity contribution in [3.8, 4) is 0 Å². The second-order valence-electron chi connectivity index (χ2n) is 5.81. The summed E-state index contributed by atoms with van der Waals surface area (Å²) >= 11 is 0. The fourth-order valence-corrected chi connectivity index (χ4v) is 2.83. The summed E-state index contributed by atoms with van der Waals surface area (Å²) in [5, 5.41) is 3.51. The number of carbonyl (C=O) groups is 1. The molecule has 1 aliphatic rings. The summed E-state index contributed by atoms with van der Waals surface area (Å²) in [6.45, 7) is 3.78. The number of aryl methyl sites for hydroxylation is 1. The molecule has 0 aliphatic carbocycles. The van der Waals surface area contributed by atoms with E-state index >= 15 is 0 Å². The first-order chi connectivity index (χ1) is 10.7. The minimum absolute atomic E-state index is 0.0624. The Morgan fingerprint density at radius 2 is 2.09 bits per heavy atom. The van der Waals surface area contributed by atoms with E-state index in [0.717, 1.165) is 37.7 Å². The molecule has 1 heterocycles. The lowest BCUT2D eigenvalue weighted by Crippen LogP contribution is -2.28. The highest BCUT2D eigenvalue weighted by atomic mass is 16.5. The van der Waals surface area contributed by atoms with Crippen LogP contribution < -0.4 is 5.84 Å². The predicted molar refractivity (Wildman–Crippen MR) is 88.6 cm³/mol. The molecule has 2 N–H and O–H groups in total. The first-order valence-corrected chi connectivity index (χ1v) is 7.85. The summed E-state index contributed by atoms with van der Waals surface area (Å²) in [5.74, 6) is 5.32. The lowest BCUT2D eigenvalue weighted by molar-refractivity contribution is -0.156. The Morgan fingerprint density at radius 1 is 1.32 bits per heavy atom. The van der Waals surface area contributed by atoms with E-state index in [9.17, 15) is 4.79 Å². The molecule has 1 aliphatic heterocycles. The van der Waals surface area contributed by atoms with Crippen molar-refractivity contribution in [2.45, 2.75) is 44.6 Å².